The van der Waals surface area contributed by atoms with Crippen LogP contribution in [0.2, 0.25) is 0 Å². The second kappa shape index (κ2) is 6.05. The highest BCUT2D eigenvalue weighted by molar-refractivity contribution is 5.92. The van der Waals surface area contributed by atoms with Crippen LogP contribution in [0, 0.1) is 0 Å². The molecular formula is C13H17NO4. The first-order chi connectivity index (χ1) is 8.40. The highest BCUT2D eigenvalue weighted by Crippen LogP contribution is 2.14. The Kier molecular flexibility index (Phi) is 4.71. The highest BCUT2D eigenvalue weighted by Gasteiger charge is 2.16. The third kappa shape index (κ3) is 4.08. The quantitative estimate of drug-likeness (QED) is 0.804. The average molecular weight is 251 g/mol. The van der Waals surface area contributed by atoms with Crippen LogP contribution in [0.4, 0.5) is 0 Å². The van der Waals surface area contributed by atoms with E-state index < -0.39 is 18.0 Å². The molecule has 5 heteroatoms. The molecule has 0 radical (unpaired) electrons. The smallest absolute Gasteiger partial charge is 0.338 e. The molecule has 0 saturated heterocycles. The largest absolute Gasteiger partial charge is 0.491 e. The summed E-state index contributed by atoms with van der Waals surface area (Å²) in [6.07, 6.45) is -0.873. The number of benzene rings is 1. The van der Waals surface area contributed by atoms with Gasteiger partial charge in [-0.05, 0) is 45.0 Å². The summed E-state index contributed by atoms with van der Waals surface area (Å²) in [5, 5.41) is 0. The van der Waals surface area contributed by atoms with Crippen molar-refractivity contribution in [2.75, 3.05) is 0 Å². The van der Waals surface area contributed by atoms with E-state index in [1.807, 2.05) is 13.8 Å². The molecular weight excluding hydrogens is 234 g/mol. The van der Waals surface area contributed by atoms with Gasteiger partial charge >= 0.3 is 5.97 Å². The number of primary amides is 1. The Labute approximate surface area is 106 Å². The Balaban J connectivity index is 2.67. The third-order valence-electron chi connectivity index (χ3n) is 2.15. The number of rotatable bonds is 5. The van der Waals surface area contributed by atoms with Crippen LogP contribution >= 0.6 is 0 Å². The number of nitrogens with two attached hydrogens (primary N) is 1. The van der Waals surface area contributed by atoms with Gasteiger partial charge in [-0.1, -0.05) is 0 Å². The monoisotopic (exact) mass is 251 g/mol. The van der Waals surface area contributed by atoms with Crippen molar-refractivity contribution in [2.24, 2.45) is 5.73 Å². The van der Waals surface area contributed by atoms with Gasteiger partial charge in [-0.25, -0.2) is 4.79 Å². The van der Waals surface area contributed by atoms with Gasteiger partial charge < -0.3 is 15.2 Å². The van der Waals surface area contributed by atoms with Crippen LogP contribution in [-0.4, -0.2) is 24.1 Å². The van der Waals surface area contributed by atoms with Crippen LogP contribution in [0.3, 0.4) is 0 Å². The minimum absolute atomic E-state index is 0.0673. The topological polar surface area (TPSA) is 78.6 Å². The van der Waals surface area contributed by atoms with Crippen molar-refractivity contribution < 1.29 is 19.1 Å². The van der Waals surface area contributed by atoms with Gasteiger partial charge in [-0.15, -0.1) is 0 Å². The van der Waals surface area contributed by atoms with Crippen LogP contribution in [0.1, 0.15) is 31.1 Å². The molecule has 18 heavy (non-hydrogen) atoms. The first-order valence-corrected chi connectivity index (χ1v) is 5.67. The molecule has 1 rings (SSSR count). The van der Waals surface area contributed by atoms with Crippen LogP contribution in [0.25, 0.3) is 0 Å². The van der Waals surface area contributed by atoms with Crippen molar-refractivity contribution in [3.05, 3.63) is 29.8 Å². The van der Waals surface area contributed by atoms with E-state index in [0.29, 0.717) is 11.3 Å². The van der Waals surface area contributed by atoms with E-state index in [4.69, 9.17) is 15.2 Å². The standard InChI is InChI=1S/C13H17NO4/c1-8(2)17-11-6-4-10(5-7-11)13(16)18-9(3)12(14)15/h4-9H,1-3H3,(H2,14,15)/t9-/m1/s1. The molecule has 1 aromatic rings. The van der Waals surface area contributed by atoms with Crippen molar-refractivity contribution in [1.82, 2.24) is 0 Å². The van der Waals surface area contributed by atoms with Gasteiger partial charge in [0.1, 0.15) is 5.75 Å². The summed E-state index contributed by atoms with van der Waals surface area (Å²) in [7, 11) is 0. The Hall–Kier alpha value is -2.04. The fourth-order valence-electron chi connectivity index (χ4n) is 1.23. The van der Waals surface area contributed by atoms with Crippen LogP contribution in [0.5, 0.6) is 5.75 Å². The van der Waals surface area contributed by atoms with E-state index in [2.05, 4.69) is 0 Å². The molecule has 0 unspecified atom stereocenters. The average Bonchev–Trinajstić information content (AvgIpc) is 2.28. The van der Waals surface area contributed by atoms with E-state index in [0.717, 1.165) is 0 Å². The molecule has 0 saturated carbocycles. The number of amides is 1. The van der Waals surface area contributed by atoms with Crippen molar-refractivity contribution >= 4 is 11.9 Å². The summed E-state index contributed by atoms with van der Waals surface area (Å²) in [6.45, 7) is 5.25. The maximum absolute atomic E-state index is 11.6. The van der Waals surface area contributed by atoms with E-state index in [-0.39, 0.29) is 6.10 Å². The molecule has 98 valence electrons. The maximum atomic E-state index is 11.6. The van der Waals surface area contributed by atoms with Gasteiger partial charge in [-0.3, -0.25) is 4.79 Å². The lowest BCUT2D eigenvalue weighted by molar-refractivity contribution is -0.125. The van der Waals surface area contributed by atoms with E-state index in [1.54, 1.807) is 24.3 Å². The van der Waals surface area contributed by atoms with Crippen LogP contribution in [-0.2, 0) is 9.53 Å². The third-order valence-corrected chi connectivity index (χ3v) is 2.15. The lowest BCUT2D eigenvalue weighted by Gasteiger charge is -2.11. The van der Waals surface area contributed by atoms with E-state index in [1.165, 1.54) is 6.92 Å². The van der Waals surface area contributed by atoms with E-state index >= 15 is 0 Å². The van der Waals surface area contributed by atoms with Gasteiger partial charge in [0.2, 0.25) is 0 Å². The molecule has 1 atom stereocenters. The summed E-state index contributed by atoms with van der Waals surface area (Å²) in [6, 6.07) is 6.50. The minimum atomic E-state index is -0.941. The molecule has 0 bridgehead atoms. The fourth-order valence-corrected chi connectivity index (χ4v) is 1.23. The van der Waals surface area contributed by atoms with Crippen molar-refractivity contribution in [2.45, 2.75) is 33.0 Å². The molecule has 1 amide bonds. The zero-order valence-electron chi connectivity index (χ0n) is 10.7. The predicted molar refractivity (Wildman–Crippen MR) is 66.3 cm³/mol. The molecule has 0 heterocycles. The molecule has 2 N–H and O–H groups in total. The molecule has 0 spiro atoms. The molecule has 0 aliphatic carbocycles. The SMILES string of the molecule is CC(C)Oc1ccc(C(=O)O[C@H](C)C(N)=O)cc1. The molecule has 0 aromatic heterocycles. The molecule has 0 aliphatic heterocycles. The highest BCUT2D eigenvalue weighted by atomic mass is 16.5. The summed E-state index contributed by atoms with van der Waals surface area (Å²) in [5.74, 6) is -0.593. The predicted octanol–water partition coefficient (Wildman–Crippen LogP) is 1.50. The zero-order chi connectivity index (χ0) is 13.7. The second-order valence-corrected chi connectivity index (χ2v) is 4.14. The minimum Gasteiger partial charge on any atom is -0.491 e. The van der Waals surface area contributed by atoms with Gasteiger partial charge in [0, 0.05) is 0 Å². The lowest BCUT2D eigenvalue weighted by Crippen LogP contribution is -2.30. The number of esters is 1. The summed E-state index contributed by atoms with van der Waals surface area (Å²) >= 11 is 0. The van der Waals surface area contributed by atoms with Crippen molar-refractivity contribution in [1.29, 1.82) is 0 Å². The fraction of sp³-hybridized carbons (Fsp3) is 0.385. The number of ether oxygens (including phenoxy) is 2. The Bertz CT molecular complexity index is 425. The first-order valence-electron chi connectivity index (χ1n) is 5.67. The van der Waals surface area contributed by atoms with Gasteiger partial charge in [0.05, 0.1) is 11.7 Å². The number of carbonyl (C=O) groups is 2. The van der Waals surface area contributed by atoms with Crippen LogP contribution in [0.15, 0.2) is 24.3 Å². The number of hydrogen-bond donors (Lipinski definition) is 1. The number of carbonyl (C=O) groups excluding carboxylic acids is 2. The Morgan fingerprint density at radius 3 is 2.11 bits per heavy atom. The van der Waals surface area contributed by atoms with Gasteiger partial charge in [0.25, 0.3) is 5.91 Å². The van der Waals surface area contributed by atoms with Crippen molar-refractivity contribution in [3.63, 3.8) is 0 Å². The maximum Gasteiger partial charge on any atom is 0.338 e. The van der Waals surface area contributed by atoms with Gasteiger partial charge in [0.15, 0.2) is 6.10 Å². The Morgan fingerprint density at radius 2 is 1.67 bits per heavy atom. The first kappa shape index (κ1) is 14.0. The molecule has 1 aromatic carbocycles. The number of hydrogen-bond acceptors (Lipinski definition) is 4. The molecule has 0 fully saturated rings. The normalized spacial score (nSPS) is 12.0. The van der Waals surface area contributed by atoms with Crippen molar-refractivity contribution in [3.8, 4) is 5.75 Å². The molecule has 5 nitrogen and oxygen atoms in total. The Morgan fingerprint density at radius 1 is 1.11 bits per heavy atom. The summed E-state index contributed by atoms with van der Waals surface area (Å²) in [4.78, 5) is 22.4. The lowest BCUT2D eigenvalue weighted by atomic mass is 10.2. The molecule has 0 aliphatic rings. The van der Waals surface area contributed by atoms with Gasteiger partial charge in [-0.2, -0.15) is 0 Å². The summed E-state index contributed by atoms with van der Waals surface area (Å²) < 4.78 is 10.3. The van der Waals surface area contributed by atoms with Crippen LogP contribution < -0.4 is 10.5 Å². The summed E-state index contributed by atoms with van der Waals surface area (Å²) in [5.41, 5.74) is 5.35. The zero-order valence-corrected chi connectivity index (χ0v) is 10.7. The second-order valence-electron chi connectivity index (χ2n) is 4.14. The van der Waals surface area contributed by atoms with E-state index in [9.17, 15) is 9.59 Å².